The second-order valence-electron chi connectivity index (χ2n) is 12.4. The normalized spacial score (nSPS) is 29.0. The van der Waals surface area contributed by atoms with E-state index in [4.69, 9.17) is 4.74 Å². The number of anilines is 1. The van der Waals surface area contributed by atoms with Gasteiger partial charge in [0.25, 0.3) is 0 Å². The number of ether oxygens (including phenoxy) is 1. The van der Waals surface area contributed by atoms with E-state index >= 15 is 0 Å². The Morgan fingerprint density at radius 1 is 0.911 bits per heavy atom. The Kier molecular flexibility index (Phi) is 7.28. The molecule has 4 amide bonds. The number of methoxy groups -OCH3 is 1. The van der Waals surface area contributed by atoms with Crippen LogP contribution in [0, 0.1) is 29.1 Å². The molecule has 0 spiro atoms. The molecule has 3 aromatic carbocycles. The first kappa shape index (κ1) is 29.9. The minimum atomic E-state index is -1.22. The van der Waals surface area contributed by atoms with Crippen molar-refractivity contribution in [1.82, 2.24) is 4.90 Å². The fourth-order valence-electron chi connectivity index (χ4n) is 8.15. The number of phenolic OH excluding ortho intramolecular Hbond substituents is 1. The van der Waals surface area contributed by atoms with Crippen molar-refractivity contribution in [3.05, 3.63) is 98.5 Å². The summed E-state index contributed by atoms with van der Waals surface area (Å²) in [4.78, 5) is 59.4. The number of rotatable bonds is 5. The summed E-state index contributed by atoms with van der Waals surface area (Å²) in [6.45, 7) is 2.02. The third kappa shape index (κ3) is 4.28. The van der Waals surface area contributed by atoms with Crippen LogP contribution in [0.15, 0.2) is 87.3 Å². The molecule has 2 saturated heterocycles. The van der Waals surface area contributed by atoms with Crippen molar-refractivity contribution in [3.8, 4) is 11.5 Å². The molecule has 4 aliphatic rings. The van der Waals surface area contributed by atoms with Crippen LogP contribution in [-0.2, 0) is 25.7 Å². The zero-order valence-corrected chi connectivity index (χ0v) is 27.7. The number of benzene rings is 3. The maximum atomic E-state index is 14.6. The average molecular weight is 734 g/mol. The molecule has 0 bridgehead atoms. The van der Waals surface area contributed by atoms with Gasteiger partial charge in [-0.3, -0.25) is 24.1 Å². The smallest absolute Gasteiger partial charge is 0.241 e. The zero-order chi connectivity index (χ0) is 31.8. The first-order valence-corrected chi connectivity index (χ1v) is 16.5. The van der Waals surface area contributed by atoms with E-state index in [1.165, 1.54) is 16.9 Å². The van der Waals surface area contributed by atoms with Crippen molar-refractivity contribution in [2.75, 3.05) is 12.0 Å². The summed E-state index contributed by atoms with van der Waals surface area (Å²) >= 11 is 7.14. The molecule has 2 aliphatic carbocycles. The number of nitrogens with zero attached hydrogens (tertiary/aromatic N) is 2. The van der Waals surface area contributed by atoms with Gasteiger partial charge in [-0.05, 0) is 86.9 Å². The van der Waals surface area contributed by atoms with E-state index in [-0.39, 0.29) is 48.1 Å². The van der Waals surface area contributed by atoms with E-state index < -0.39 is 35.0 Å². The number of allylic oxidation sites excluding steroid dienone is 2. The first-order valence-electron chi connectivity index (χ1n) is 14.9. The van der Waals surface area contributed by atoms with E-state index in [1.807, 2.05) is 49.4 Å². The lowest BCUT2D eigenvalue weighted by Crippen LogP contribution is -2.49. The number of carbonyl (C=O) groups excluding carboxylic acids is 4. The van der Waals surface area contributed by atoms with Gasteiger partial charge in [-0.15, -0.1) is 0 Å². The van der Waals surface area contributed by atoms with Gasteiger partial charge in [0.15, 0.2) is 11.5 Å². The Balaban J connectivity index is 1.39. The molecule has 0 radical (unpaired) electrons. The number of halogens is 2. The predicted octanol–water partition coefficient (Wildman–Crippen LogP) is 6.36. The highest BCUT2D eigenvalue weighted by Crippen LogP contribution is 2.65. The summed E-state index contributed by atoms with van der Waals surface area (Å²) in [6, 6.07) is 20.0. The molecule has 1 N–H and O–H groups in total. The average Bonchev–Trinajstić information content (AvgIpc) is 3.40. The van der Waals surface area contributed by atoms with Gasteiger partial charge in [-0.2, -0.15) is 0 Å². The summed E-state index contributed by atoms with van der Waals surface area (Å²) < 4.78 is 6.39. The standard InChI is InChI=1S/C35H30Br2N2O6/c1-35-24(32(42)39(34(35)44)19-11-7-4-8-12-19)15-22-20(27(35)23-16-25(45-2)30(40)29(37)28(23)36)13-14-21-26(22)33(43)38(31(21)41)17-18-9-5-3-6-10-18/h3-13,16,21-22,24,26-27,40H,14-15,17H2,1-2H3/t21-,22+,24-,26-,27+,35+/m0/s1. The molecule has 10 heteroatoms. The summed E-state index contributed by atoms with van der Waals surface area (Å²) in [6.07, 6.45) is 2.63. The van der Waals surface area contributed by atoms with Gasteiger partial charge in [0.1, 0.15) is 0 Å². The van der Waals surface area contributed by atoms with Gasteiger partial charge in [-0.25, -0.2) is 4.90 Å². The molecule has 6 atom stereocenters. The van der Waals surface area contributed by atoms with Crippen LogP contribution in [0.1, 0.15) is 36.8 Å². The zero-order valence-electron chi connectivity index (χ0n) is 24.6. The monoisotopic (exact) mass is 732 g/mol. The maximum Gasteiger partial charge on any atom is 0.241 e. The van der Waals surface area contributed by atoms with Crippen LogP contribution in [0.4, 0.5) is 5.69 Å². The van der Waals surface area contributed by atoms with Crippen molar-refractivity contribution in [2.24, 2.45) is 29.1 Å². The fraction of sp³-hybridized carbons (Fsp3) is 0.314. The topological polar surface area (TPSA) is 104 Å². The van der Waals surface area contributed by atoms with Gasteiger partial charge in [0.2, 0.25) is 23.6 Å². The van der Waals surface area contributed by atoms with Gasteiger partial charge < -0.3 is 9.84 Å². The lowest BCUT2D eigenvalue weighted by atomic mass is 9.51. The van der Waals surface area contributed by atoms with Crippen LogP contribution in [0.2, 0.25) is 0 Å². The molecular formula is C35H30Br2N2O6. The van der Waals surface area contributed by atoms with Gasteiger partial charge in [0.05, 0.1) is 47.0 Å². The van der Waals surface area contributed by atoms with E-state index in [1.54, 1.807) is 30.3 Å². The quantitative estimate of drug-likeness (QED) is 0.242. The van der Waals surface area contributed by atoms with E-state index in [0.29, 0.717) is 26.6 Å². The highest BCUT2D eigenvalue weighted by Gasteiger charge is 2.67. The molecule has 8 nitrogen and oxygen atoms in total. The minimum Gasteiger partial charge on any atom is -0.503 e. The highest BCUT2D eigenvalue weighted by molar-refractivity contribution is 9.13. The van der Waals surface area contributed by atoms with Crippen molar-refractivity contribution in [2.45, 2.75) is 32.2 Å². The molecule has 7 rings (SSSR count). The number of hydrogen-bond acceptors (Lipinski definition) is 6. The van der Waals surface area contributed by atoms with Crippen LogP contribution in [-0.4, -0.2) is 40.7 Å². The highest BCUT2D eigenvalue weighted by atomic mass is 79.9. The predicted molar refractivity (Wildman–Crippen MR) is 173 cm³/mol. The van der Waals surface area contributed by atoms with Gasteiger partial charge in [-0.1, -0.05) is 60.2 Å². The summed E-state index contributed by atoms with van der Waals surface area (Å²) in [7, 11) is 1.45. The van der Waals surface area contributed by atoms with Crippen LogP contribution < -0.4 is 9.64 Å². The Morgan fingerprint density at radius 3 is 2.24 bits per heavy atom. The molecular weight excluding hydrogens is 704 g/mol. The third-order valence-corrected chi connectivity index (χ3v) is 12.4. The second kappa shape index (κ2) is 10.9. The fourth-order valence-corrected chi connectivity index (χ4v) is 9.10. The molecule has 2 aliphatic heterocycles. The summed E-state index contributed by atoms with van der Waals surface area (Å²) in [5.74, 6) is -4.04. The number of fused-ring (bicyclic) bond motifs is 4. The molecule has 3 fully saturated rings. The summed E-state index contributed by atoms with van der Waals surface area (Å²) in [5.41, 5.74) is 1.63. The summed E-state index contributed by atoms with van der Waals surface area (Å²) in [5, 5.41) is 10.8. The lowest BCUT2D eigenvalue weighted by Gasteiger charge is -2.49. The van der Waals surface area contributed by atoms with Crippen LogP contribution >= 0.6 is 31.9 Å². The van der Waals surface area contributed by atoms with Crippen molar-refractivity contribution < 1.29 is 29.0 Å². The molecule has 3 aromatic rings. The maximum absolute atomic E-state index is 14.6. The van der Waals surface area contributed by atoms with Gasteiger partial charge in [0, 0.05) is 10.4 Å². The molecule has 45 heavy (non-hydrogen) atoms. The number of amides is 4. The number of phenols is 1. The van der Waals surface area contributed by atoms with Crippen LogP contribution in [0.25, 0.3) is 0 Å². The minimum absolute atomic E-state index is 0.104. The van der Waals surface area contributed by atoms with Crippen molar-refractivity contribution in [1.29, 1.82) is 0 Å². The molecule has 230 valence electrons. The second-order valence-corrected chi connectivity index (χ2v) is 14.0. The lowest BCUT2D eigenvalue weighted by molar-refractivity contribution is -0.141. The number of likely N-dealkylation sites (tertiary alicyclic amines) is 1. The van der Waals surface area contributed by atoms with Crippen LogP contribution in [0.3, 0.4) is 0 Å². The van der Waals surface area contributed by atoms with Gasteiger partial charge >= 0.3 is 0 Å². The van der Waals surface area contributed by atoms with Crippen molar-refractivity contribution in [3.63, 3.8) is 0 Å². The number of carbonyl (C=O) groups is 4. The molecule has 0 unspecified atom stereocenters. The Labute approximate surface area is 277 Å². The van der Waals surface area contributed by atoms with Crippen molar-refractivity contribution >= 4 is 61.2 Å². The molecule has 2 heterocycles. The SMILES string of the molecule is COc1cc([C@H]2C3=CC[C@@H]4C(=O)N(Cc5ccccc5)C(=O)[C@@H]4[C@@H]3C[C@H]3C(=O)N(c4ccccc4)C(=O)[C@@]23C)c(Br)c(Br)c1O. The Hall–Kier alpha value is -3.76. The number of para-hydroxylation sites is 1. The van der Waals surface area contributed by atoms with E-state index in [9.17, 15) is 24.3 Å². The number of hydrogen-bond donors (Lipinski definition) is 1. The Morgan fingerprint density at radius 2 is 1.58 bits per heavy atom. The van der Waals surface area contributed by atoms with Crippen LogP contribution in [0.5, 0.6) is 11.5 Å². The number of imide groups is 2. The van der Waals surface area contributed by atoms with E-state index in [2.05, 4.69) is 31.9 Å². The number of aromatic hydroxyl groups is 1. The molecule has 0 aromatic heterocycles. The molecule has 1 saturated carbocycles. The largest absolute Gasteiger partial charge is 0.503 e. The van der Waals surface area contributed by atoms with E-state index in [0.717, 1.165) is 11.1 Å². The Bertz CT molecular complexity index is 1790. The first-order chi connectivity index (χ1) is 21.6. The third-order valence-electron chi connectivity index (χ3n) is 10.3.